The van der Waals surface area contributed by atoms with Crippen LogP contribution in [0.25, 0.3) is 5.69 Å². The Hall–Kier alpha value is -2.37. The van der Waals surface area contributed by atoms with Crippen molar-refractivity contribution in [2.45, 2.75) is 20.8 Å². The summed E-state index contributed by atoms with van der Waals surface area (Å²) in [6.07, 6.45) is 1.70. The molecule has 7 heteroatoms. The molecule has 0 aliphatic carbocycles. The summed E-state index contributed by atoms with van der Waals surface area (Å²) in [6, 6.07) is 8.73. The first-order valence-electron chi connectivity index (χ1n) is 7.62. The zero-order valence-electron chi connectivity index (χ0n) is 14.0. The van der Waals surface area contributed by atoms with E-state index in [9.17, 15) is 4.79 Å². The van der Waals surface area contributed by atoms with Crippen LogP contribution in [0, 0.1) is 20.8 Å². The van der Waals surface area contributed by atoms with Crippen LogP contribution in [0.4, 0.5) is 5.69 Å². The number of anilines is 1. The Bertz CT molecular complexity index is 942. The van der Waals surface area contributed by atoms with Crippen LogP contribution < -0.4 is 5.32 Å². The molecule has 3 rings (SSSR count). The van der Waals surface area contributed by atoms with Crippen LogP contribution in [0.2, 0.25) is 10.0 Å². The molecule has 0 spiro atoms. The molecule has 3 aromatic rings. The number of carbonyl (C=O) groups excluding carboxylic acids is 1. The summed E-state index contributed by atoms with van der Waals surface area (Å²) in [5, 5.41) is 8.08. The summed E-state index contributed by atoms with van der Waals surface area (Å²) in [4.78, 5) is 16.9. The number of pyridine rings is 1. The van der Waals surface area contributed by atoms with Gasteiger partial charge in [0.05, 0.1) is 27.1 Å². The van der Waals surface area contributed by atoms with Crippen LogP contribution in [-0.4, -0.2) is 20.7 Å². The highest BCUT2D eigenvalue weighted by Crippen LogP contribution is 2.24. The molecule has 1 N–H and O–H groups in total. The Morgan fingerprint density at radius 1 is 1.08 bits per heavy atom. The molecule has 0 bridgehead atoms. The highest BCUT2D eigenvalue weighted by molar-refractivity contribution is 6.42. The summed E-state index contributed by atoms with van der Waals surface area (Å²) >= 11 is 12.0. The molecule has 0 radical (unpaired) electrons. The van der Waals surface area contributed by atoms with Crippen molar-refractivity contribution in [2.24, 2.45) is 0 Å². The monoisotopic (exact) mass is 374 g/mol. The van der Waals surface area contributed by atoms with Gasteiger partial charge < -0.3 is 5.32 Å². The van der Waals surface area contributed by atoms with E-state index >= 15 is 0 Å². The largest absolute Gasteiger partial charge is 0.319 e. The number of nitrogens with zero attached hydrogens (tertiary/aromatic N) is 3. The molecule has 1 aromatic carbocycles. The van der Waals surface area contributed by atoms with Gasteiger partial charge in [0.1, 0.15) is 0 Å². The standard InChI is InChI=1S/C18H16Cl2N4O/c1-10-8-11(2)21-12(3)17(10)22-18(25)16-6-7-24(23-16)13-4-5-14(19)15(20)9-13/h4-9H,1-3H3,(H,22,25). The smallest absolute Gasteiger partial charge is 0.276 e. The fourth-order valence-corrected chi connectivity index (χ4v) is 2.90. The maximum absolute atomic E-state index is 12.5. The molecule has 0 saturated carbocycles. The summed E-state index contributed by atoms with van der Waals surface area (Å²) < 4.78 is 1.57. The van der Waals surface area contributed by atoms with Crippen molar-refractivity contribution >= 4 is 34.8 Å². The van der Waals surface area contributed by atoms with Gasteiger partial charge in [-0.05, 0) is 56.7 Å². The third-order valence-corrected chi connectivity index (χ3v) is 4.49. The summed E-state index contributed by atoms with van der Waals surface area (Å²) in [5.74, 6) is -0.296. The van der Waals surface area contributed by atoms with E-state index in [0.717, 1.165) is 22.6 Å². The number of hydrogen-bond acceptors (Lipinski definition) is 3. The van der Waals surface area contributed by atoms with Crippen molar-refractivity contribution in [2.75, 3.05) is 5.32 Å². The Balaban J connectivity index is 1.85. The van der Waals surface area contributed by atoms with Gasteiger partial charge in [-0.15, -0.1) is 0 Å². The maximum atomic E-state index is 12.5. The molecular formula is C18H16Cl2N4O. The van der Waals surface area contributed by atoms with E-state index in [4.69, 9.17) is 23.2 Å². The van der Waals surface area contributed by atoms with Crippen molar-refractivity contribution in [3.63, 3.8) is 0 Å². The molecule has 2 heterocycles. The minimum atomic E-state index is -0.296. The Kier molecular flexibility index (Phi) is 4.79. The third kappa shape index (κ3) is 3.67. The molecule has 0 saturated heterocycles. The number of benzene rings is 1. The second kappa shape index (κ2) is 6.86. The van der Waals surface area contributed by atoms with E-state index in [0.29, 0.717) is 21.4 Å². The molecule has 0 atom stereocenters. The number of nitrogens with one attached hydrogen (secondary N) is 1. The number of rotatable bonds is 3. The van der Waals surface area contributed by atoms with Crippen LogP contribution in [0.15, 0.2) is 36.5 Å². The molecule has 128 valence electrons. The fourth-order valence-electron chi connectivity index (χ4n) is 2.61. The highest BCUT2D eigenvalue weighted by atomic mass is 35.5. The third-order valence-electron chi connectivity index (χ3n) is 3.75. The minimum absolute atomic E-state index is 0.296. The molecule has 0 unspecified atom stereocenters. The Labute approximate surface area is 155 Å². The maximum Gasteiger partial charge on any atom is 0.276 e. The van der Waals surface area contributed by atoms with Gasteiger partial charge in [0.25, 0.3) is 5.91 Å². The van der Waals surface area contributed by atoms with Crippen LogP contribution in [0.1, 0.15) is 27.4 Å². The van der Waals surface area contributed by atoms with Crippen LogP contribution in [0.3, 0.4) is 0 Å². The van der Waals surface area contributed by atoms with Gasteiger partial charge in [-0.25, -0.2) is 4.68 Å². The van der Waals surface area contributed by atoms with Gasteiger partial charge >= 0.3 is 0 Å². The molecule has 0 aliphatic rings. The molecule has 2 aromatic heterocycles. The van der Waals surface area contributed by atoms with E-state index in [1.54, 1.807) is 35.1 Å². The van der Waals surface area contributed by atoms with Gasteiger partial charge in [0.2, 0.25) is 0 Å². The minimum Gasteiger partial charge on any atom is -0.319 e. The lowest BCUT2D eigenvalue weighted by atomic mass is 10.1. The second-order valence-electron chi connectivity index (χ2n) is 5.74. The van der Waals surface area contributed by atoms with Crippen LogP contribution >= 0.6 is 23.2 Å². The zero-order valence-corrected chi connectivity index (χ0v) is 15.5. The van der Waals surface area contributed by atoms with Crippen molar-refractivity contribution < 1.29 is 4.79 Å². The molecule has 5 nitrogen and oxygen atoms in total. The van der Waals surface area contributed by atoms with E-state index < -0.39 is 0 Å². The van der Waals surface area contributed by atoms with Crippen molar-refractivity contribution in [1.82, 2.24) is 14.8 Å². The van der Waals surface area contributed by atoms with Crippen LogP contribution in [-0.2, 0) is 0 Å². The van der Waals surface area contributed by atoms with E-state index in [1.807, 2.05) is 26.8 Å². The van der Waals surface area contributed by atoms with Crippen LogP contribution in [0.5, 0.6) is 0 Å². The first-order valence-corrected chi connectivity index (χ1v) is 8.38. The first kappa shape index (κ1) is 17.5. The summed E-state index contributed by atoms with van der Waals surface area (Å²) in [5.41, 5.74) is 4.37. The lowest BCUT2D eigenvalue weighted by molar-refractivity contribution is 0.102. The Morgan fingerprint density at radius 3 is 2.52 bits per heavy atom. The highest BCUT2D eigenvalue weighted by Gasteiger charge is 2.14. The zero-order chi connectivity index (χ0) is 18.1. The predicted octanol–water partition coefficient (Wildman–Crippen LogP) is 4.75. The number of aromatic nitrogens is 3. The SMILES string of the molecule is Cc1cc(C)c(NC(=O)c2ccn(-c3ccc(Cl)c(Cl)c3)n2)c(C)n1. The molecule has 0 fully saturated rings. The molecule has 0 aliphatic heterocycles. The fraction of sp³-hybridized carbons (Fsp3) is 0.167. The van der Waals surface area contributed by atoms with E-state index in [-0.39, 0.29) is 5.91 Å². The quantitative estimate of drug-likeness (QED) is 0.719. The van der Waals surface area contributed by atoms with Gasteiger partial charge in [-0.1, -0.05) is 23.2 Å². The molecule has 1 amide bonds. The van der Waals surface area contributed by atoms with Gasteiger partial charge in [0.15, 0.2) is 5.69 Å². The topological polar surface area (TPSA) is 59.8 Å². The summed E-state index contributed by atoms with van der Waals surface area (Å²) in [6.45, 7) is 5.72. The second-order valence-corrected chi connectivity index (χ2v) is 6.55. The van der Waals surface area contributed by atoms with Gasteiger partial charge in [0, 0.05) is 11.9 Å². The van der Waals surface area contributed by atoms with E-state index in [1.165, 1.54) is 0 Å². The number of carbonyl (C=O) groups is 1. The van der Waals surface area contributed by atoms with Crippen molar-refractivity contribution in [1.29, 1.82) is 0 Å². The lowest BCUT2D eigenvalue weighted by Gasteiger charge is -2.11. The number of hydrogen-bond donors (Lipinski definition) is 1. The lowest BCUT2D eigenvalue weighted by Crippen LogP contribution is -2.15. The average Bonchev–Trinajstić information content (AvgIpc) is 3.03. The van der Waals surface area contributed by atoms with Gasteiger partial charge in [-0.2, -0.15) is 5.10 Å². The predicted molar refractivity (Wildman–Crippen MR) is 100.0 cm³/mol. The average molecular weight is 375 g/mol. The summed E-state index contributed by atoms with van der Waals surface area (Å²) in [7, 11) is 0. The normalized spacial score (nSPS) is 10.8. The van der Waals surface area contributed by atoms with Crippen molar-refractivity contribution in [3.8, 4) is 5.69 Å². The van der Waals surface area contributed by atoms with Gasteiger partial charge in [-0.3, -0.25) is 9.78 Å². The first-order chi connectivity index (χ1) is 11.8. The van der Waals surface area contributed by atoms with Crippen molar-refractivity contribution in [3.05, 3.63) is 69.2 Å². The van der Waals surface area contributed by atoms with E-state index in [2.05, 4.69) is 15.4 Å². The number of aryl methyl sites for hydroxylation is 3. The molecular weight excluding hydrogens is 359 g/mol. The number of amides is 1. The Morgan fingerprint density at radius 2 is 1.84 bits per heavy atom. The number of halogens is 2. The molecule has 25 heavy (non-hydrogen) atoms.